The van der Waals surface area contributed by atoms with Crippen molar-refractivity contribution in [2.75, 3.05) is 18.0 Å². The second-order valence-corrected chi connectivity index (χ2v) is 4.42. The Bertz CT molecular complexity index is 475. The van der Waals surface area contributed by atoms with Crippen LogP contribution in [0.2, 0.25) is 0 Å². The van der Waals surface area contributed by atoms with Crippen LogP contribution in [0, 0.1) is 0 Å². The van der Waals surface area contributed by atoms with Gasteiger partial charge in [0.05, 0.1) is 0 Å². The van der Waals surface area contributed by atoms with Gasteiger partial charge in [-0.1, -0.05) is 0 Å². The molecule has 1 aromatic rings. The fourth-order valence-electron chi connectivity index (χ4n) is 2.30. The Labute approximate surface area is 108 Å². The van der Waals surface area contributed by atoms with Gasteiger partial charge in [-0.3, -0.25) is 4.79 Å². The molecule has 1 atom stereocenters. The molecule has 0 aromatic heterocycles. The van der Waals surface area contributed by atoms with Gasteiger partial charge in [-0.15, -0.1) is 0 Å². The molecule has 1 heterocycles. The zero-order chi connectivity index (χ0) is 13.1. The van der Waals surface area contributed by atoms with Crippen LogP contribution < -0.4 is 9.64 Å². The molecule has 3 nitrogen and oxygen atoms in total. The highest BCUT2D eigenvalue weighted by Gasteiger charge is 2.18. The lowest BCUT2D eigenvalue weighted by molar-refractivity contribution is -0.112. The third-order valence-corrected chi connectivity index (χ3v) is 3.33. The number of aldehydes is 1. The molecule has 0 saturated carbocycles. The third-order valence-electron chi connectivity index (χ3n) is 3.33. The maximum absolute atomic E-state index is 10.9. The number of allylic oxidation sites excluding steroid dienone is 1. The zero-order valence-electron chi connectivity index (χ0n) is 11.1. The Balaban J connectivity index is 2.38. The molecule has 0 bridgehead atoms. The summed E-state index contributed by atoms with van der Waals surface area (Å²) in [4.78, 5) is 13.1. The normalized spacial score (nSPS) is 17.5. The molecule has 2 rings (SSSR count). The molecule has 1 unspecified atom stereocenters. The van der Waals surface area contributed by atoms with Crippen LogP contribution in [0.1, 0.15) is 26.3 Å². The predicted octanol–water partition coefficient (Wildman–Crippen LogP) is 2.90. The molecular weight excluding hydrogens is 226 g/mol. The van der Waals surface area contributed by atoms with Crippen molar-refractivity contribution in [3.05, 3.63) is 29.8 Å². The molecule has 3 heteroatoms. The van der Waals surface area contributed by atoms with Crippen LogP contribution in [0.25, 0.3) is 5.57 Å². The third kappa shape index (κ3) is 2.26. The minimum absolute atomic E-state index is 0.454. The number of carbonyl (C=O) groups is 1. The van der Waals surface area contributed by atoms with E-state index in [9.17, 15) is 4.79 Å². The standard InChI is InChI=1S/C15H19NO2/c1-4-16(5-2)12-6-7-14-11(3)8-13(10-17)18-15(14)9-12/h6-10,13H,4-5H2,1-3H3. The smallest absolute Gasteiger partial charge is 0.172 e. The second kappa shape index (κ2) is 5.25. The highest BCUT2D eigenvalue weighted by molar-refractivity contribution is 5.78. The van der Waals surface area contributed by atoms with Gasteiger partial charge in [-0.2, -0.15) is 0 Å². The lowest BCUT2D eigenvalue weighted by Gasteiger charge is -2.25. The molecule has 0 amide bonds. The van der Waals surface area contributed by atoms with Crippen molar-refractivity contribution in [1.82, 2.24) is 0 Å². The van der Waals surface area contributed by atoms with Crippen LogP contribution in [0.4, 0.5) is 5.69 Å². The monoisotopic (exact) mass is 245 g/mol. The van der Waals surface area contributed by atoms with Gasteiger partial charge in [0.1, 0.15) is 5.75 Å². The number of hydrogen-bond donors (Lipinski definition) is 0. The average molecular weight is 245 g/mol. The van der Waals surface area contributed by atoms with Crippen molar-refractivity contribution in [2.45, 2.75) is 26.9 Å². The Morgan fingerprint density at radius 3 is 2.67 bits per heavy atom. The van der Waals surface area contributed by atoms with E-state index in [1.165, 1.54) is 0 Å². The topological polar surface area (TPSA) is 29.5 Å². The summed E-state index contributed by atoms with van der Waals surface area (Å²) in [5.74, 6) is 0.802. The molecule has 1 aliphatic rings. The fraction of sp³-hybridized carbons (Fsp3) is 0.400. The second-order valence-electron chi connectivity index (χ2n) is 4.42. The summed E-state index contributed by atoms with van der Waals surface area (Å²) in [5.41, 5.74) is 3.31. The van der Waals surface area contributed by atoms with Gasteiger partial charge in [-0.25, -0.2) is 0 Å². The fourth-order valence-corrected chi connectivity index (χ4v) is 2.30. The maximum atomic E-state index is 10.9. The van der Waals surface area contributed by atoms with Crippen LogP contribution in [0.5, 0.6) is 5.75 Å². The molecule has 1 aromatic carbocycles. The first-order valence-electron chi connectivity index (χ1n) is 6.39. The lowest BCUT2D eigenvalue weighted by atomic mass is 10.0. The minimum Gasteiger partial charge on any atom is -0.478 e. The number of fused-ring (bicyclic) bond motifs is 1. The van der Waals surface area contributed by atoms with Crippen LogP contribution in [-0.2, 0) is 4.79 Å². The first-order chi connectivity index (χ1) is 8.69. The van der Waals surface area contributed by atoms with Gasteiger partial charge in [0.2, 0.25) is 0 Å². The van der Waals surface area contributed by atoms with E-state index in [4.69, 9.17) is 4.74 Å². The molecule has 0 aliphatic carbocycles. The molecule has 0 saturated heterocycles. The number of rotatable bonds is 4. The summed E-state index contributed by atoms with van der Waals surface area (Å²) in [6.45, 7) is 8.18. The van der Waals surface area contributed by atoms with Gasteiger partial charge in [0.25, 0.3) is 0 Å². The average Bonchev–Trinajstić information content (AvgIpc) is 2.39. The number of benzene rings is 1. The number of carbonyl (C=O) groups excluding carboxylic acids is 1. The van der Waals surface area contributed by atoms with Gasteiger partial charge in [0.15, 0.2) is 12.4 Å². The molecule has 0 N–H and O–H groups in total. The molecule has 0 fully saturated rings. The molecule has 0 radical (unpaired) electrons. The van der Waals surface area contributed by atoms with Crippen LogP contribution in [0.15, 0.2) is 24.3 Å². The highest BCUT2D eigenvalue weighted by atomic mass is 16.5. The summed E-state index contributed by atoms with van der Waals surface area (Å²) in [6, 6.07) is 6.19. The number of ether oxygens (including phenoxy) is 1. The van der Waals surface area contributed by atoms with Crippen molar-refractivity contribution in [2.24, 2.45) is 0 Å². The number of nitrogens with zero attached hydrogens (tertiary/aromatic N) is 1. The van der Waals surface area contributed by atoms with Crippen molar-refractivity contribution in [1.29, 1.82) is 0 Å². The van der Waals surface area contributed by atoms with Gasteiger partial charge in [-0.05, 0) is 44.6 Å². The molecule has 96 valence electrons. The van der Waals surface area contributed by atoms with E-state index in [0.29, 0.717) is 0 Å². The van der Waals surface area contributed by atoms with Crippen LogP contribution in [0.3, 0.4) is 0 Å². The molecule has 0 spiro atoms. The Kier molecular flexibility index (Phi) is 3.70. The maximum Gasteiger partial charge on any atom is 0.172 e. The molecule has 18 heavy (non-hydrogen) atoms. The summed E-state index contributed by atoms with van der Waals surface area (Å²) in [7, 11) is 0. The Morgan fingerprint density at radius 1 is 1.33 bits per heavy atom. The predicted molar refractivity (Wildman–Crippen MR) is 74.1 cm³/mol. The largest absolute Gasteiger partial charge is 0.478 e. The van der Waals surface area contributed by atoms with Gasteiger partial charge >= 0.3 is 0 Å². The van der Waals surface area contributed by atoms with Crippen molar-refractivity contribution < 1.29 is 9.53 Å². The summed E-state index contributed by atoms with van der Waals surface area (Å²) in [5, 5.41) is 0. The Morgan fingerprint density at radius 2 is 2.06 bits per heavy atom. The number of hydrogen-bond acceptors (Lipinski definition) is 3. The molecular formula is C15H19NO2. The first-order valence-corrected chi connectivity index (χ1v) is 6.39. The first kappa shape index (κ1) is 12.7. The van der Waals surface area contributed by atoms with Crippen molar-refractivity contribution in [3.63, 3.8) is 0 Å². The van der Waals surface area contributed by atoms with E-state index in [0.717, 1.165) is 41.9 Å². The van der Waals surface area contributed by atoms with E-state index in [2.05, 4.69) is 30.9 Å². The molecule has 1 aliphatic heterocycles. The van der Waals surface area contributed by atoms with Crippen molar-refractivity contribution in [3.8, 4) is 5.75 Å². The zero-order valence-corrected chi connectivity index (χ0v) is 11.1. The van der Waals surface area contributed by atoms with Crippen LogP contribution >= 0.6 is 0 Å². The van der Waals surface area contributed by atoms with Gasteiger partial charge < -0.3 is 9.64 Å². The van der Waals surface area contributed by atoms with E-state index in [1.807, 2.05) is 19.1 Å². The van der Waals surface area contributed by atoms with E-state index in [1.54, 1.807) is 0 Å². The summed E-state index contributed by atoms with van der Waals surface area (Å²) in [6.07, 6.45) is 2.23. The van der Waals surface area contributed by atoms with Crippen molar-refractivity contribution >= 4 is 17.5 Å². The van der Waals surface area contributed by atoms with Gasteiger partial charge in [0, 0.05) is 30.4 Å². The quantitative estimate of drug-likeness (QED) is 0.764. The minimum atomic E-state index is -0.454. The van der Waals surface area contributed by atoms with E-state index < -0.39 is 6.10 Å². The van der Waals surface area contributed by atoms with Crippen LogP contribution in [-0.4, -0.2) is 25.5 Å². The van der Waals surface area contributed by atoms with E-state index >= 15 is 0 Å². The SMILES string of the molecule is CCN(CC)c1ccc2c(c1)OC(C=O)C=C2C. The number of anilines is 1. The van der Waals surface area contributed by atoms with E-state index in [-0.39, 0.29) is 0 Å². The highest BCUT2D eigenvalue weighted by Crippen LogP contribution is 2.34. The Hall–Kier alpha value is -1.77. The lowest BCUT2D eigenvalue weighted by Crippen LogP contribution is -2.23. The summed E-state index contributed by atoms with van der Waals surface area (Å²) < 4.78 is 5.66. The summed E-state index contributed by atoms with van der Waals surface area (Å²) >= 11 is 0.